The lowest BCUT2D eigenvalue weighted by Crippen LogP contribution is -1.97. The molecule has 2 rings (SSSR count). The minimum absolute atomic E-state index is 0.395. The van der Waals surface area contributed by atoms with Gasteiger partial charge in [-0.25, -0.2) is 4.98 Å². The van der Waals surface area contributed by atoms with Crippen molar-refractivity contribution in [2.45, 2.75) is 51.6 Å². The highest BCUT2D eigenvalue weighted by atomic mass is 32.1. The summed E-state index contributed by atoms with van der Waals surface area (Å²) in [5, 5.41) is 10.4. The maximum atomic E-state index is 9.46. The Morgan fingerprint density at radius 1 is 1.21 bits per heavy atom. The summed E-state index contributed by atoms with van der Waals surface area (Å²) in [6.45, 7) is 1.80. The van der Waals surface area contributed by atoms with Crippen molar-refractivity contribution in [2.24, 2.45) is 0 Å². The summed E-state index contributed by atoms with van der Waals surface area (Å²) in [7, 11) is 0. The van der Waals surface area contributed by atoms with Crippen molar-refractivity contribution in [1.82, 2.24) is 4.98 Å². The normalized spacial score (nSPS) is 19.6. The molecular formula is C11H17NOS. The van der Waals surface area contributed by atoms with Crippen molar-refractivity contribution < 1.29 is 5.11 Å². The van der Waals surface area contributed by atoms with Crippen LogP contribution in [0.4, 0.5) is 0 Å². The molecule has 1 aromatic rings. The Hall–Kier alpha value is -0.410. The molecular weight excluding hydrogens is 194 g/mol. The molecule has 1 aliphatic rings. The Kier molecular flexibility index (Phi) is 3.19. The second-order valence-electron chi connectivity index (χ2n) is 4.01. The molecule has 1 aliphatic carbocycles. The first-order chi connectivity index (χ1) is 6.77. The maximum absolute atomic E-state index is 9.46. The van der Waals surface area contributed by atoms with Crippen LogP contribution in [0.15, 0.2) is 0 Å². The number of rotatable bonds is 1. The Balaban J connectivity index is 2.23. The highest BCUT2D eigenvalue weighted by Gasteiger charge is 2.15. The fraction of sp³-hybridized carbons (Fsp3) is 0.727. The SMILES string of the molecule is CC(O)c1nc2c(s1)CCCCCC2. The number of hydrogen-bond donors (Lipinski definition) is 1. The average molecular weight is 211 g/mol. The zero-order valence-corrected chi connectivity index (χ0v) is 9.44. The van der Waals surface area contributed by atoms with Crippen LogP contribution in [-0.2, 0) is 12.8 Å². The predicted octanol–water partition coefficient (Wildman–Crippen LogP) is 2.86. The van der Waals surface area contributed by atoms with Crippen LogP contribution in [0.25, 0.3) is 0 Å². The van der Waals surface area contributed by atoms with E-state index >= 15 is 0 Å². The quantitative estimate of drug-likeness (QED) is 0.775. The van der Waals surface area contributed by atoms with E-state index in [9.17, 15) is 5.11 Å². The van der Waals surface area contributed by atoms with Gasteiger partial charge in [-0.05, 0) is 32.6 Å². The van der Waals surface area contributed by atoms with Gasteiger partial charge in [-0.15, -0.1) is 11.3 Å². The highest BCUT2D eigenvalue weighted by Crippen LogP contribution is 2.28. The van der Waals surface area contributed by atoms with Gasteiger partial charge in [0.05, 0.1) is 5.69 Å². The minimum Gasteiger partial charge on any atom is -0.386 e. The number of thiazole rings is 1. The van der Waals surface area contributed by atoms with E-state index < -0.39 is 6.10 Å². The third-order valence-electron chi connectivity index (χ3n) is 2.72. The van der Waals surface area contributed by atoms with E-state index in [1.165, 1.54) is 42.7 Å². The van der Waals surface area contributed by atoms with Gasteiger partial charge < -0.3 is 5.11 Å². The lowest BCUT2D eigenvalue weighted by atomic mass is 10.0. The molecule has 0 amide bonds. The number of fused-ring (bicyclic) bond motifs is 1. The van der Waals surface area contributed by atoms with Crippen molar-refractivity contribution in [3.8, 4) is 0 Å². The molecule has 1 heterocycles. The number of aliphatic hydroxyl groups excluding tert-OH is 1. The molecule has 0 spiro atoms. The van der Waals surface area contributed by atoms with Gasteiger partial charge in [0, 0.05) is 4.88 Å². The number of aromatic nitrogens is 1. The number of aryl methyl sites for hydroxylation is 2. The second kappa shape index (κ2) is 4.41. The van der Waals surface area contributed by atoms with Crippen LogP contribution in [0.1, 0.15) is 54.3 Å². The highest BCUT2D eigenvalue weighted by molar-refractivity contribution is 7.11. The molecule has 0 aliphatic heterocycles. The van der Waals surface area contributed by atoms with Crippen LogP contribution in [0.2, 0.25) is 0 Å². The lowest BCUT2D eigenvalue weighted by Gasteiger charge is -2.06. The van der Waals surface area contributed by atoms with Gasteiger partial charge in [-0.2, -0.15) is 0 Å². The van der Waals surface area contributed by atoms with Crippen molar-refractivity contribution in [3.05, 3.63) is 15.6 Å². The summed E-state index contributed by atoms with van der Waals surface area (Å²) in [5.74, 6) is 0. The largest absolute Gasteiger partial charge is 0.386 e. The molecule has 14 heavy (non-hydrogen) atoms. The Morgan fingerprint density at radius 3 is 2.64 bits per heavy atom. The third kappa shape index (κ3) is 2.15. The molecule has 2 nitrogen and oxygen atoms in total. The van der Waals surface area contributed by atoms with Crippen molar-refractivity contribution in [1.29, 1.82) is 0 Å². The molecule has 3 heteroatoms. The first kappa shape index (κ1) is 10.1. The fourth-order valence-electron chi connectivity index (χ4n) is 1.90. The Bertz CT molecular complexity index is 281. The molecule has 0 bridgehead atoms. The number of nitrogens with zero attached hydrogens (tertiary/aromatic N) is 1. The van der Waals surface area contributed by atoms with Gasteiger partial charge in [0.2, 0.25) is 0 Å². The Labute approximate surface area is 89.0 Å². The zero-order valence-electron chi connectivity index (χ0n) is 8.62. The first-order valence-electron chi connectivity index (χ1n) is 5.44. The van der Waals surface area contributed by atoms with E-state index in [0.717, 1.165) is 11.4 Å². The summed E-state index contributed by atoms with van der Waals surface area (Å²) >= 11 is 1.70. The number of hydrogen-bond acceptors (Lipinski definition) is 3. The van der Waals surface area contributed by atoms with Crippen LogP contribution in [-0.4, -0.2) is 10.1 Å². The summed E-state index contributed by atoms with van der Waals surface area (Å²) in [4.78, 5) is 5.94. The van der Waals surface area contributed by atoms with E-state index in [0.29, 0.717) is 0 Å². The molecule has 1 atom stereocenters. The molecule has 0 radical (unpaired) electrons. The smallest absolute Gasteiger partial charge is 0.121 e. The van der Waals surface area contributed by atoms with E-state index in [1.54, 1.807) is 18.3 Å². The van der Waals surface area contributed by atoms with Crippen LogP contribution in [0.5, 0.6) is 0 Å². The van der Waals surface area contributed by atoms with E-state index in [4.69, 9.17) is 0 Å². The molecule has 78 valence electrons. The monoisotopic (exact) mass is 211 g/mol. The second-order valence-corrected chi connectivity index (χ2v) is 5.13. The van der Waals surface area contributed by atoms with Gasteiger partial charge in [0.15, 0.2) is 0 Å². The van der Waals surface area contributed by atoms with Crippen LogP contribution in [0.3, 0.4) is 0 Å². The molecule has 0 saturated carbocycles. The average Bonchev–Trinajstić information content (AvgIpc) is 2.48. The van der Waals surface area contributed by atoms with Crippen LogP contribution >= 0.6 is 11.3 Å². The summed E-state index contributed by atoms with van der Waals surface area (Å²) in [6.07, 6.45) is 7.11. The van der Waals surface area contributed by atoms with Gasteiger partial charge in [-0.3, -0.25) is 0 Å². The molecule has 1 N–H and O–H groups in total. The zero-order chi connectivity index (χ0) is 9.97. The van der Waals surface area contributed by atoms with Crippen LogP contribution in [0, 0.1) is 0 Å². The van der Waals surface area contributed by atoms with Gasteiger partial charge in [0.1, 0.15) is 11.1 Å². The molecule has 0 aromatic carbocycles. The van der Waals surface area contributed by atoms with Gasteiger partial charge >= 0.3 is 0 Å². The molecule has 0 saturated heterocycles. The standard InChI is InChI=1S/C11H17NOS/c1-8(13)11-12-9-6-4-2-3-5-7-10(9)14-11/h8,13H,2-7H2,1H3. The lowest BCUT2D eigenvalue weighted by molar-refractivity contribution is 0.198. The summed E-state index contributed by atoms with van der Waals surface area (Å²) in [5.41, 5.74) is 1.26. The summed E-state index contributed by atoms with van der Waals surface area (Å²) < 4.78 is 0. The maximum Gasteiger partial charge on any atom is 0.121 e. The fourth-order valence-corrected chi connectivity index (χ4v) is 2.99. The van der Waals surface area contributed by atoms with E-state index in [2.05, 4.69) is 4.98 Å². The van der Waals surface area contributed by atoms with E-state index in [1.807, 2.05) is 0 Å². The van der Waals surface area contributed by atoms with Crippen LogP contribution < -0.4 is 0 Å². The third-order valence-corrected chi connectivity index (χ3v) is 4.05. The number of aliphatic hydroxyl groups is 1. The minimum atomic E-state index is -0.395. The van der Waals surface area contributed by atoms with Gasteiger partial charge in [-0.1, -0.05) is 12.8 Å². The van der Waals surface area contributed by atoms with Crippen molar-refractivity contribution >= 4 is 11.3 Å². The summed E-state index contributed by atoms with van der Waals surface area (Å²) in [6, 6.07) is 0. The van der Waals surface area contributed by atoms with E-state index in [-0.39, 0.29) is 0 Å². The van der Waals surface area contributed by atoms with Gasteiger partial charge in [0.25, 0.3) is 0 Å². The predicted molar refractivity (Wildman–Crippen MR) is 58.6 cm³/mol. The molecule has 0 fully saturated rings. The molecule has 1 aromatic heterocycles. The topological polar surface area (TPSA) is 33.1 Å². The molecule has 1 unspecified atom stereocenters. The first-order valence-corrected chi connectivity index (χ1v) is 6.25. The van der Waals surface area contributed by atoms with Crippen molar-refractivity contribution in [2.75, 3.05) is 0 Å². The van der Waals surface area contributed by atoms with Crippen molar-refractivity contribution in [3.63, 3.8) is 0 Å². The Morgan fingerprint density at radius 2 is 1.93 bits per heavy atom.